The lowest BCUT2D eigenvalue weighted by molar-refractivity contribution is -0.261. The van der Waals surface area contributed by atoms with Gasteiger partial charge in [0.2, 0.25) is 5.75 Å². The zero-order chi connectivity index (χ0) is 22.9. The van der Waals surface area contributed by atoms with Crippen LogP contribution < -0.4 is 14.2 Å². The molecular weight excluding hydrogens is 426 g/mol. The summed E-state index contributed by atoms with van der Waals surface area (Å²) in [6, 6.07) is 1.89. The van der Waals surface area contributed by atoms with Crippen LogP contribution in [-0.4, -0.2) is 51.3 Å². The minimum Gasteiger partial charge on any atom is -0.492 e. The van der Waals surface area contributed by atoms with Gasteiger partial charge in [-0.2, -0.15) is 0 Å². The molecule has 2 bridgehead atoms. The van der Waals surface area contributed by atoms with Crippen LogP contribution in [0.5, 0.6) is 17.2 Å². The summed E-state index contributed by atoms with van der Waals surface area (Å²) in [5.74, 6) is -0.274. The molecule has 1 aromatic carbocycles. The van der Waals surface area contributed by atoms with E-state index in [0.717, 1.165) is 21.9 Å². The number of pyridine rings is 1. The standard InChI is InChI=1S/C25H25NO7/c1-23(2)9-31-25(32-10-23)16-12-8-13-15-14-11(17(28-3)19(30-5)18(15)29-4)6-7-26-21(14)24(13,20(16)25)33-22(12)27/h6-8,12,16,20H,9-10H2,1-5H3/t12-,16-,20-,24+/m0/s1. The number of ether oxygens (including phenoxy) is 6. The molecule has 4 heterocycles. The van der Waals surface area contributed by atoms with E-state index in [1.54, 1.807) is 27.5 Å². The number of carbonyl (C=O) groups excluding carboxylic acids is 1. The number of hydrogen-bond acceptors (Lipinski definition) is 8. The molecule has 2 aromatic rings. The van der Waals surface area contributed by atoms with Gasteiger partial charge >= 0.3 is 5.97 Å². The highest BCUT2D eigenvalue weighted by atomic mass is 16.7. The molecule has 8 nitrogen and oxygen atoms in total. The first-order chi connectivity index (χ1) is 15.8. The molecule has 4 atom stereocenters. The van der Waals surface area contributed by atoms with E-state index in [2.05, 4.69) is 13.8 Å². The van der Waals surface area contributed by atoms with Gasteiger partial charge in [-0.05, 0) is 6.07 Å². The van der Waals surface area contributed by atoms with Crippen molar-refractivity contribution in [3.05, 3.63) is 29.6 Å². The zero-order valence-corrected chi connectivity index (χ0v) is 19.2. The van der Waals surface area contributed by atoms with Gasteiger partial charge in [-0.1, -0.05) is 19.9 Å². The van der Waals surface area contributed by atoms with Crippen molar-refractivity contribution < 1.29 is 33.2 Å². The summed E-state index contributed by atoms with van der Waals surface area (Å²) >= 11 is 0. The Balaban J connectivity index is 1.52. The van der Waals surface area contributed by atoms with Crippen LogP contribution >= 0.6 is 0 Å². The van der Waals surface area contributed by atoms with E-state index < -0.39 is 17.3 Å². The summed E-state index contributed by atoms with van der Waals surface area (Å²) in [6.45, 7) is 5.34. The van der Waals surface area contributed by atoms with Crippen LogP contribution in [0.3, 0.4) is 0 Å². The normalized spacial score (nSPS) is 33.3. The van der Waals surface area contributed by atoms with Crippen LogP contribution in [0.1, 0.15) is 25.1 Å². The lowest BCUT2D eigenvalue weighted by atomic mass is 9.75. The van der Waals surface area contributed by atoms with Crippen molar-refractivity contribution in [3.63, 3.8) is 0 Å². The van der Waals surface area contributed by atoms with Crippen molar-refractivity contribution in [2.75, 3.05) is 34.5 Å². The van der Waals surface area contributed by atoms with Gasteiger partial charge in [0.15, 0.2) is 22.9 Å². The van der Waals surface area contributed by atoms with Crippen LogP contribution in [0.2, 0.25) is 0 Å². The summed E-state index contributed by atoms with van der Waals surface area (Å²) in [4.78, 5) is 17.9. The Morgan fingerprint density at radius 3 is 2.39 bits per heavy atom. The lowest BCUT2D eigenvalue weighted by Crippen LogP contribution is -2.47. The van der Waals surface area contributed by atoms with Crippen molar-refractivity contribution in [1.82, 2.24) is 4.98 Å². The molecular formula is C25H25NO7. The molecule has 0 unspecified atom stereocenters. The summed E-state index contributed by atoms with van der Waals surface area (Å²) in [5.41, 5.74) is 1.21. The number of fused-ring (bicyclic) bond motifs is 1. The molecule has 0 radical (unpaired) electrons. The molecule has 3 aliphatic carbocycles. The molecule has 0 amide bonds. The largest absolute Gasteiger partial charge is 0.492 e. The summed E-state index contributed by atoms with van der Waals surface area (Å²) in [5, 5.41) is 1.68. The molecule has 3 aliphatic heterocycles. The van der Waals surface area contributed by atoms with E-state index >= 15 is 0 Å². The van der Waals surface area contributed by atoms with Crippen molar-refractivity contribution >= 4 is 22.3 Å². The van der Waals surface area contributed by atoms with Gasteiger partial charge in [-0.15, -0.1) is 0 Å². The van der Waals surface area contributed by atoms with Crippen molar-refractivity contribution in [1.29, 1.82) is 0 Å². The molecule has 2 spiro atoms. The number of aromatic nitrogens is 1. The van der Waals surface area contributed by atoms with Gasteiger partial charge in [0.1, 0.15) is 0 Å². The first-order valence-electron chi connectivity index (χ1n) is 11.2. The SMILES string of the molecule is COc1c(OC)c2c3c(nccc3c1OC)[C@@]13OC(=O)[C@@H](C=C21)[C@H]1[C@@H]3C12OCC(C)(C)CO2. The average molecular weight is 451 g/mol. The Bertz CT molecular complexity index is 1290. The number of rotatable bonds is 3. The molecule has 3 fully saturated rings. The second kappa shape index (κ2) is 5.80. The van der Waals surface area contributed by atoms with Crippen molar-refractivity contribution in [2.24, 2.45) is 23.2 Å². The van der Waals surface area contributed by atoms with Gasteiger partial charge in [0, 0.05) is 39.4 Å². The van der Waals surface area contributed by atoms with E-state index in [4.69, 9.17) is 33.4 Å². The fraction of sp³-hybridized carbons (Fsp3) is 0.520. The number of benzene rings is 1. The maximum Gasteiger partial charge on any atom is 0.314 e. The molecule has 0 N–H and O–H groups in total. The highest BCUT2D eigenvalue weighted by molar-refractivity contribution is 6.12. The molecule has 2 saturated heterocycles. The van der Waals surface area contributed by atoms with E-state index in [9.17, 15) is 4.79 Å². The minimum absolute atomic E-state index is 0.0876. The highest BCUT2D eigenvalue weighted by Gasteiger charge is 2.86. The Labute approximate surface area is 190 Å². The van der Waals surface area contributed by atoms with E-state index in [1.807, 2.05) is 12.1 Å². The van der Waals surface area contributed by atoms with Gasteiger partial charge < -0.3 is 28.4 Å². The molecule has 33 heavy (non-hydrogen) atoms. The van der Waals surface area contributed by atoms with Crippen LogP contribution in [0.15, 0.2) is 18.3 Å². The Morgan fingerprint density at radius 1 is 1.03 bits per heavy atom. The number of nitrogens with zero attached hydrogens (tertiary/aromatic N) is 1. The first kappa shape index (κ1) is 19.6. The molecule has 8 rings (SSSR count). The monoisotopic (exact) mass is 451 g/mol. The second-order valence-corrected chi connectivity index (χ2v) is 10.3. The Kier molecular flexibility index (Phi) is 3.45. The highest BCUT2D eigenvalue weighted by Crippen LogP contribution is 2.78. The van der Waals surface area contributed by atoms with Crippen LogP contribution in [0, 0.1) is 23.2 Å². The Hall–Kier alpha value is -2.84. The number of carbonyl (C=O) groups is 1. The number of hydrogen-bond donors (Lipinski definition) is 0. The maximum absolute atomic E-state index is 13.2. The molecule has 6 aliphatic rings. The molecule has 172 valence electrons. The third-order valence-electron chi connectivity index (χ3n) is 7.95. The first-order valence-corrected chi connectivity index (χ1v) is 11.2. The molecule has 1 aromatic heterocycles. The lowest BCUT2D eigenvalue weighted by Gasteiger charge is -2.41. The van der Waals surface area contributed by atoms with Crippen molar-refractivity contribution in [2.45, 2.75) is 25.2 Å². The fourth-order valence-corrected chi connectivity index (χ4v) is 6.64. The van der Waals surface area contributed by atoms with Gasteiger partial charge in [-0.3, -0.25) is 9.78 Å². The predicted molar refractivity (Wildman–Crippen MR) is 116 cm³/mol. The minimum atomic E-state index is -1.09. The fourth-order valence-electron chi connectivity index (χ4n) is 6.64. The topological polar surface area (TPSA) is 85.3 Å². The van der Waals surface area contributed by atoms with Crippen LogP contribution in [-0.2, 0) is 24.6 Å². The third kappa shape index (κ3) is 1.98. The molecule has 8 heteroatoms. The van der Waals surface area contributed by atoms with Crippen molar-refractivity contribution in [3.8, 4) is 17.2 Å². The maximum atomic E-state index is 13.2. The average Bonchev–Trinajstić information content (AvgIpc) is 3.40. The summed E-state index contributed by atoms with van der Waals surface area (Å²) < 4.78 is 36.4. The number of methoxy groups -OCH3 is 3. The predicted octanol–water partition coefficient (Wildman–Crippen LogP) is 3.05. The third-order valence-corrected chi connectivity index (χ3v) is 7.95. The Morgan fingerprint density at radius 2 is 1.73 bits per heavy atom. The molecule has 1 saturated carbocycles. The van der Waals surface area contributed by atoms with Gasteiger partial charge in [0.05, 0.1) is 52.1 Å². The van der Waals surface area contributed by atoms with Crippen LogP contribution in [0.4, 0.5) is 0 Å². The van der Waals surface area contributed by atoms with Gasteiger partial charge in [0.25, 0.3) is 0 Å². The summed E-state index contributed by atoms with van der Waals surface area (Å²) in [7, 11) is 4.79. The second-order valence-electron chi connectivity index (χ2n) is 10.3. The summed E-state index contributed by atoms with van der Waals surface area (Å²) in [6.07, 6.45) is 3.73. The smallest absolute Gasteiger partial charge is 0.314 e. The van der Waals surface area contributed by atoms with E-state index in [0.29, 0.717) is 36.2 Å². The quantitative estimate of drug-likeness (QED) is 0.659. The number of esters is 1. The van der Waals surface area contributed by atoms with E-state index in [-0.39, 0.29) is 23.2 Å². The van der Waals surface area contributed by atoms with Crippen LogP contribution in [0.25, 0.3) is 16.3 Å². The van der Waals surface area contributed by atoms with Gasteiger partial charge in [-0.25, -0.2) is 0 Å². The zero-order valence-electron chi connectivity index (χ0n) is 19.2. The van der Waals surface area contributed by atoms with E-state index in [1.165, 1.54) is 0 Å².